The second kappa shape index (κ2) is 8.19. The molecule has 3 atom stereocenters. The lowest BCUT2D eigenvalue weighted by atomic mass is 9.75. The highest BCUT2D eigenvalue weighted by Gasteiger charge is 2.32. The van der Waals surface area contributed by atoms with Crippen molar-refractivity contribution in [3.05, 3.63) is 65.7 Å². The zero-order valence-electron chi connectivity index (χ0n) is 15.1. The summed E-state index contributed by atoms with van der Waals surface area (Å²) in [6.07, 6.45) is 4.35. The molecule has 3 nitrogen and oxygen atoms in total. The topological polar surface area (TPSA) is 38.3 Å². The number of hydrogen-bond donors (Lipinski definition) is 1. The number of methoxy groups -OCH3 is 1. The number of nitrogens with one attached hydrogen (secondary N) is 1. The predicted molar refractivity (Wildman–Crippen MR) is 101 cm³/mol. The van der Waals surface area contributed by atoms with Crippen LogP contribution in [0.15, 0.2) is 54.6 Å². The van der Waals surface area contributed by atoms with Crippen molar-refractivity contribution in [3.63, 3.8) is 0 Å². The highest BCUT2D eigenvalue weighted by molar-refractivity contribution is 5.80. The molecule has 0 heterocycles. The fraction of sp³-hybridized carbons (Fsp3) is 0.409. The first-order chi connectivity index (χ1) is 12.2. The van der Waals surface area contributed by atoms with Crippen molar-refractivity contribution < 1.29 is 9.53 Å². The summed E-state index contributed by atoms with van der Waals surface area (Å²) in [5.41, 5.74) is 2.39. The van der Waals surface area contributed by atoms with Crippen LogP contribution in [0.4, 0.5) is 0 Å². The Morgan fingerprint density at radius 3 is 2.40 bits per heavy atom. The molecule has 1 amide bonds. The van der Waals surface area contributed by atoms with E-state index in [9.17, 15) is 4.79 Å². The fourth-order valence-corrected chi connectivity index (χ4v) is 3.84. The van der Waals surface area contributed by atoms with Crippen LogP contribution in [0.3, 0.4) is 0 Å². The largest absolute Gasteiger partial charge is 0.497 e. The van der Waals surface area contributed by atoms with Gasteiger partial charge in [-0.25, -0.2) is 0 Å². The van der Waals surface area contributed by atoms with Gasteiger partial charge in [0, 0.05) is 5.92 Å². The van der Waals surface area contributed by atoms with Crippen LogP contribution in [0.2, 0.25) is 0 Å². The van der Waals surface area contributed by atoms with Crippen molar-refractivity contribution in [2.75, 3.05) is 7.11 Å². The fourth-order valence-electron chi connectivity index (χ4n) is 3.84. The lowest BCUT2D eigenvalue weighted by Crippen LogP contribution is -2.37. The van der Waals surface area contributed by atoms with Gasteiger partial charge < -0.3 is 10.1 Å². The van der Waals surface area contributed by atoms with Crippen LogP contribution < -0.4 is 10.1 Å². The molecule has 2 aromatic carbocycles. The molecule has 0 radical (unpaired) electrons. The molecule has 0 spiro atoms. The minimum atomic E-state index is 0.0344. The van der Waals surface area contributed by atoms with Gasteiger partial charge in [0.25, 0.3) is 0 Å². The Morgan fingerprint density at radius 1 is 1.04 bits per heavy atom. The molecule has 0 aliphatic heterocycles. The van der Waals surface area contributed by atoms with Gasteiger partial charge >= 0.3 is 0 Å². The number of ether oxygens (including phenoxy) is 1. The molecular weight excluding hydrogens is 310 g/mol. The molecular formula is C22H27NO2. The number of carbonyl (C=O) groups excluding carboxylic acids is 1. The molecule has 1 fully saturated rings. The Hall–Kier alpha value is -2.29. The summed E-state index contributed by atoms with van der Waals surface area (Å²) in [6, 6.07) is 18.4. The van der Waals surface area contributed by atoms with Crippen LogP contribution in [-0.4, -0.2) is 13.0 Å². The van der Waals surface area contributed by atoms with Crippen molar-refractivity contribution in [3.8, 4) is 5.75 Å². The standard InChI is InChI=1S/C22H27NO2/c1-16(17-8-4-3-5-9-17)23-22(24)21-11-7-6-10-20(21)18-12-14-19(25-2)15-13-18/h3-5,8-9,12-16,20-21H,6-7,10-11H2,1-2H3,(H,23,24)/t16-,20-,21-/m0/s1. The highest BCUT2D eigenvalue weighted by atomic mass is 16.5. The van der Waals surface area contributed by atoms with E-state index in [4.69, 9.17) is 4.74 Å². The quantitative estimate of drug-likeness (QED) is 0.847. The van der Waals surface area contributed by atoms with Crippen LogP contribution in [-0.2, 0) is 4.79 Å². The first kappa shape index (κ1) is 17.5. The third kappa shape index (κ3) is 4.22. The zero-order chi connectivity index (χ0) is 17.6. The van der Waals surface area contributed by atoms with Crippen LogP contribution in [0, 0.1) is 5.92 Å². The molecule has 3 heteroatoms. The second-order valence-electron chi connectivity index (χ2n) is 6.91. The van der Waals surface area contributed by atoms with E-state index in [0.717, 1.165) is 30.6 Å². The maximum absolute atomic E-state index is 13.0. The van der Waals surface area contributed by atoms with Crippen molar-refractivity contribution >= 4 is 5.91 Å². The third-order valence-electron chi connectivity index (χ3n) is 5.31. The van der Waals surface area contributed by atoms with E-state index in [2.05, 4.69) is 36.5 Å². The molecule has 3 rings (SSSR count). The Labute approximate surface area is 150 Å². The Morgan fingerprint density at radius 2 is 1.72 bits per heavy atom. The van der Waals surface area contributed by atoms with Crippen LogP contribution >= 0.6 is 0 Å². The van der Waals surface area contributed by atoms with Crippen molar-refractivity contribution in [2.24, 2.45) is 5.92 Å². The smallest absolute Gasteiger partial charge is 0.224 e. The van der Waals surface area contributed by atoms with E-state index in [1.807, 2.05) is 30.3 Å². The van der Waals surface area contributed by atoms with Crippen LogP contribution in [0.1, 0.15) is 55.7 Å². The number of amides is 1. The molecule has 1 N–H and O–H groups in total. The summed E-state index contributed by atoms with van der Waals surface area (Å²) < 4.78 is 5.25. The lowest BCUT2D eigenvalue weighted by molar-refractivity contribution is -0.127. The summed E-state index contributed by atoms with van der Waals surface area (Å²) in [5.74, 6) is 1.38. The Bertz CT molecular complexity index is 681. The lowest BCUT2D eigenvalue weighted by Gasteiger charge is -2.32. The first-order valence-electron chi connectivity index (χ1n) is 9.18. The van der Waals surface area contributed by atoms with E-state index in [-0.39, 0.29) is 17.9 Å². The molecule has 0 bridgehead atoms. The minimum absolute atomic E-state index is 0.0344. The summed E-state index contributed by atoms with van der Waals surface area (Å²) in [5, 5.41) is 3.22. The normalized spacial score (nSPS) is 21.4. The summed E-state index contributed by atoms with van der Waals surface area (Å²) in [4.78, 5) is 13.0. The highest BCUT2D eigenvalue weighted by Crippen LogP contribution is 2.38. The number of benzene rings is 2. The van der Waals surface area contributed by atoms with Gasteiger partial charge in [0.05, 0.1) is 13.2 Å². The summed E-state index contributed by atoms with van der Waals surface area (Å²) in [7, 11) is 1.68. The predicted octanol–water partition coefficient (Wildman–Crippen LogP) is 4.85. The molecule has 0 unspecified atom stereocenters. The maximum atomic E-state index is 13.0. The average molecular weight is 337 g/mol. The molecule has 25 heavy (non-hydrogen) atoms. The SMILES string of the molecule is COc1ccc([C@@H]2CCCC[C@@H]2C(=O)N[C@@H](C)c2ccccc2)cc1. The van der Waals surface area contributed by atoms with E-state index in [1.54, 1.807) is 7.11 Å². The van der Waals surface area contributed by atoms with E-state index < -0.39 is 0 Å². The van der Waals surface area contributed by atoms with E-state index in [0.29, 0.717) is 5.92 Å². The molecule has 132 valence electrons. The van der Waals surface area contributed by atoms with Gasteiger partial charge in [-0.15, -0.1) is 0 Å². The van der Waals surface area contributed by atoms with Crippen LogP contribution in [0.5, 0.6) is 5.75 Å². The summed E-state index contributed by atoms with van der Waals surface area (Å²) >= 11 is 0. The van der Waals surface area contributed by atoms with Gasteiger partial charge in [-0.2, -0.15) is 0 Å². The summed E-state index contributed by atoms with van der Waals surface area (Å²) in [6.45, 7) is 2.05. The maximum Gasteiger partial charge on any atom is 0.224 e. The van der Waals surface area contributed by atoms with Gasteiger partial charge in [0.15, 0.2) is 0 Å². The molecule has 1 aliphatic rings. The molecule has 1 saturated carbocycles. The number of rotatable bonds is 5. The third-order valence-corrected chi connectivity index (χ3v) is 5.31. The molecule has 2 aromatic rings. The van der Waals surface area contributed by atoms with Gasteiger partial charge in [0.2, 0.25) is 5.91 Å². The molecule has 0 aromatic heterocycles. The van der Waals surface area contributed by atoms with Crippen molar-refractivity contribution in [1.82, 2.24) is 5.32 Å². The van der Waals surface area contributed by atoms with Gasteiger partial charge in [0.1, 0.15) is 5.75 Å². The zero-order valence-corrected chi connectivity index (χ0v) is 15.1. The molecule has 0 saturated heterocycles. The van der Waals surface area contributed by atoms with Crippen LogP contribution in [0.25, 0.3) is 0 Å². The van der Waals surface area contributed by atoms with E-state index in [1.165, 1.54) is 12.0 Å². The second-order valence-corrected chi connectivity index (χ2v) is 6.91. The van der Waals surface area contributed by atoms with Crippen molar-refractivity contribution in [2.45, 2.75) is 44.6 Å². The molecule has 1 aliphatic carbocycles. The number of carbonyl (C=O) groups is 1. The minimum Gasteiger partial charge on any atom is -0.497 e. The van der Waals surface area contributed by atoms with Gasteiger partial charge in [-0.3, -0.25) is 4.79 Å². The van der Waals surface area contributed by atoms with Gasteiger partial charge in [-0.1, -0.05) is 55.3 Å². The van der Waals surface area contributed by atoms with Crippen molar-refractivity contribution in [1.29, 1.82) is 0 Å². The van der Waals surface area contributed by atoms with E-state index >= 15 is 0 Å². The monoisotopic (exact) mass is 337 g/mol. The Kier molecular flexibility index (Phi) is 5.75. The average Bonchev–Trinajstić information content (AvgIpc) is 2.68. The Balaban J connectivity index is 1.72. The first-order valence-corrected chi connectivity index (χ1v) is 9.18. The van der Waals surface area contributed by atoms with Gasteiger partial charge in [-0.05, 0) is 48.9 Å². The number of hydrogen-bond acceptors (Lipinski definition) is 2.